The molecule has 0 aliphatic carbocycles. The molecular weight excluding hydrogens is 284 g/mol. The van der Waals surface area contributed by atoms with Crippen molar-refractivity contribution in [3.63, 3.8) is 0 Å². The van der Waals surface area contributed by atoms with Gasteiger partial charge in [0, 0.05) is 5.56 Å². The van der Waals surface area contributed by atoms with Crippen LogP contribution in [0.25, 0.3) is 0 Å². The van der Waals surface area contributed by atoms with Crippen LogP contribution in [0.3, 0.4) is 0 Å². The Labute approximate surface area is 127 Å². The van der Waals surface area contributed by atoms with E-state index in [0.29, 0.717) is 24.5 Å². The highest BCUT2D eigenvalue weighted by Gasteiger charge is 2.40. The first-order valence-electron chi connectivity index (χ1n) is 7.26. The van der Waals surface area contributed by atoms with Crippen molar-refractivity contribution in [1.82, 2.24) is 0 Å². The Kier molecular flexibility index (Phi) is 4.56. The quantitative estimate of drug-likeness (QED) is 0.624. The van der Waals surface area contributed by atoms with Gasteiger partial charge in [0.2, 0.25) is 8.32 Å². The molecule has 4 nitrogen and oxygen atoms in total. The van der Waals surface area contributed by atoms with Crippen molar-refractivity contribution in [2.45, 2.75) is 45.2 Å². The zero-order valence-electron chi connectivity index (χ0n) is 13.4. The predicted octanol–water partition coefficient (Wildman–Crippen LogP) is 3.93. The van der Waals surface area contributed by atoms with E-state index in [1.165, 1.54) is 0 Å². The van der Waals surface area contributed by atoms with Gasteiger partial charge in [0.15, 0.2) is 12.6 Å². The van der Waals surface area contributed by atoms with Gasteiger partial charge < -0.3 is 13.9 Å². The van der Waals surface area contributed by atoms with Crippen LogP contribution in [0.4, 0.5) is 0 Å². The first-order valence-corrected chi connectivity index (χ1v) is 10.2. The van der Waals surface area contributed by atoms with Gasteiger partial charge in [-0.2, -0.15) is 0 Å². The average Bonchev–Trinajstić information content (AvgIpc) is 2.90. The third kappa shape index (κ3) is 3.36. The number of hydrogen-bond donors (Lipinski definition) is 0. The summed E-state index contributed by atoms with van der Waals surface area (Å²) in [5.41, 5.74) is 1.29. The zero-order chi connectivity index (χ0) is 15.7. The molecule has 1 aromatic carbocycles. The fraction of sp³-hybridized carbons (Fsp3) is 0.562. The second kappa shape index (κ2) is 5.91. The highest BCUT2D eigenvalue weighted by molar-refractivity contribution is 6.74. The van der Waals surface area contributed by atoms with Gasteiger partial charge in [0.05, 0.1) is 18.8 Å². The summed E-state index contributed by atoms with van der Waals surface area (Å²) in [4.78, 5) is 11.3. The molecule has 1 aliphatic rings. The van der Waals surface area contributed by atoms with Crippen molar-refractivity contribution < 1.29 is 18.7 Å². The van der Waals surface area contributed by atoms with E-state index in [2.05, 4.69) is 33.9 Å². The minimum absolute atomic E-state index is 0.0822. The summed E-state index contributed by atoms with van der Waals surface area (Å²) in [5, 5.41) is 0.0822. The molecule has 0 saturated carbocycles. The fourth-order valence-electron chi connectivity index (χ4n) is 1.96. The van der Waals surface area contributed by atoms with Crippen molar-refractivity contribution in [3.05, 3.63) is 29.3 Å². The van der Waals surface area contributed by atoms with Gasteiger partial charge in [-0.25, -0.2) is 0 Å². The fourth-order valence-corrected chi connectivity index (χ4v) is 2.99. The van der Waals surface area contributed by atoms with E-state index in [0.717, 1.165) is 11.8 Å². The monoisotopic (exact) mass is 308 g/mol. The van der Waals surface area contributed by atoms with Gasteiger partial charge in [0.25, 0.3) is 0 Å². The van der Waals surface area contributed by atoms with Gasteiger partial charge in [-0.3, -0.25) is 4.79 Å². The van der Waals surface area contributed by atoms with Gasteiger partial charge in [-0.1, -0.05) is 32.9 Å². The second-order valence-corrected chi connectivity index (χ2v) is 11.5. The van der Waals surface area contributed by atoms with Crippen LogP contribution >= 0.6 is 0 Å². The molecule has 2 rings (SSSR count). The predicted molar refractivity (Wildman–Crippen MR) is 84.3 cm³/mol. The number of rotatable bonds is 4. The number of ether oxygens (including phenoxy) is 2. The minimum atomic E-state index is -1.99. The number of aldehydes is 1. The van der Waals surface area contributed by atoms with E-state index in [9.17, 15) is 4.79 Å². The first kappa shape index (κ1) is 16.2. The summed E-state index contributed by atoms with van der Waals surface area (Å²) in [5.74, 6) is 0.707. The van der Waals surface area contributed by atoms with Crippen LogP contribution in [-0.2, 0) is 9.47 Å². The van der Waals surface area contributed by atoms with E-state index in [-0.39, 0.29) is 5.04 Å². The SMILES string of the molecule is CC(C)(C)[Si](C)(C)Oc1cccc(C=O)c1C1OCCO1. The topological polar surface area (TPSA) is 44.8 Å². The number of hydrogen-bond acceptors (Lipinski definition) is 4. The molecule has 116 valence electrons. The molecule has 0 unspecified atom stereocenters. The Morgan fingerprint density at radius 1 is 1.24 bits per heavy atom. The van der Waals surface area contributed by atoms with Crippen molar-refractivity contribution in [1.29, 1.82) is 0 Å². The molecule has 5 heteroatoms. The molecule has 1 fully saturated rings. The largest absolute Gasteiger partial charge is 0.543 e. The molecule has 0 spiro atoms. The molecule has 1 heterocycles. The molecule has 1 aromatic rings. The summed E-state index contributed by atoms with van der Waals surface area (Å²) < 4.78 is 17.5. The maximum atomic E-state index is 11.3. The lowest BCUT2D eigenvalue weighted by Gasteiger charge is -2.37. The third-order valence-corrected chi connectivity index (χ3v) is 8.60. The standard InChI is InChI=1S/C16H24O4Si/c1-16(2,3)21(4,5)20-13-8-6-7-12(11-17)14(13)15-18-9-10-19-15/h6-8,11,15H,9-10H2,1-5H3. The summed E-state index contributed by atoms with van der Waals surface area (Å²) >= 11 is 0. The lowest BCUT2D eigenvalue weighted by atomic mass is 10.1. The molecule has 0 N–H and O–H groups in total. The Balaban J connectivity index is 2.41. The second-order valence-electron chi connectivity index (χ2n) is 6.81. The highest BCUT2D eigenvalue weighted by Crippen LogP contribution is 2.41. The number of carbonyl (C=O) groups is 1. The summed E-state index contributed by atoms with van der Waals surface area (Å²) in [6, 6.07) is 5.50. The van der Waals surface area contributed by atoms with Crippen molar-refractivity contribution in [3.8, 4) is 5.75 Å². The summed E-state index contributed by atoms with van der Waals surface area (Å²) in [7, 11) is -1.99. The smallest absolute Gasteiger partial charge is 0.250 e. The molecule has 21 heavy (non-hydrogen) atoms. The number of carbonyl (C=O) groups excluding carboxylic acids is 1. The van der Waals surface area contributed by atoms with Crippen LogP contribution in [0.1, 0.15) is 43.0 Å². The molecule has 0 amide bonds. The maximum Gasteiger partial charge on any atom is 0.250 e. The minimum Gasteiger partial charge on any atom is -0.543 e. The Morgan fingerprint density at radius 3 is 2.38 bits per heavy atom. The van der Waals surface area contributed by atoms with E-state index in [4.69, 9.17) is 13.9 Å². The van der Waals surface area contributed by atoms with Crippen molar-refractivity contribution in [2.24, 2.45) is 0 Å². The zero-order valence-corrected chi connectivity index (χ0v) is 14.4. The molecule has 0 atom stereocenters. The van der Waals surface area contributed by atoms with Crippen molar-refractivity contribution >= 4 is 14.6 Å². The van der Waals surface area contributed by atoms with E-state index in [1.54, 1.807) is 6.07 Å². The molecular formula is C16H24O4Si. The first-order chi connectivity index (χ1) is 9.76. The van der Waals surface area contributed by atoms with Crippen molar-refractivity contribution in [2.75, 3.05) is 13.2 Å². The Bertz CT molecular complexity index is 513. The Hall–Kier alpha value is -1.17. The lowest BCUT2D eigenvalue weighted by molar-refractivity contribution is -0.0453. The van der Waals surface area contributed by atoms with E-state index < -0.39 is 14.6 Å². The summed E-state index contributed by atoms with van der Waals surface area (Å²) in [6.07, 6.45) is 0.324. The Morgan fingerprint density at radius 2 is 1.86 bits per heavy atom. The molecule has 1 saturated heterocycles. The van der Waals surface area contributed by atoms with Gasteiger partial charge in [0.1, 0.15) is 5.75 Å². The summed E-state index contributed by atoms with van der Waals surface area (Å²) in [6.45, 7) is 12.0. The molecule has 0 aromatic heterocycles. The van der Waals surface area contributed by atoms with Crippen LogP contribution in [0, 0.1) is 0 Å². The van der Waals surface area contributed by atoms with Crippen LogP contribution in [0.5, 0.6) is 5.75 Å². The maximum absolute atomic E-state index is 11.3. The normalized spacial score (nSPS) is 17.0. The van der Waals surface area contributed by atoms with E-state index >= 15 is 0 Å². The van der Waals surface area contributed by atoms with Crippen LogP contribution < -0.4 is 4.43 Å². The number of benzene rings is 1. The van der Waals surface area contributed by atoms with Gasteiger partial charge in [-0.05, 0) is 24.2 Å². The molecule has 0 bridgehead atoms. The van der Waals surface area contributed by atoms with E-state index in [1.807, 2.05) is 12.1 Å². The molecule has 1 aliphatic heterocycles. The van der Waals surface area contributed by atoms with Crippen LogP contribution in [0.15, 0.2) is 18.2 Å². The molecule has 0 radical (unpaired) electrons. The average molecular weight is 308 g/mol. The lowest BCUT2D eigenvalue weighted by Crippen LogP contribution is -2.44. The van der Waals surface area contributed by atoms with Crippen LogP contribution in [-0.4, -0.2) is 27.8 Å². The van der Waals surface area contributed by atoms with Gasteiger partial charge >= 0.3 is 0 Å². The highest BCUT2D eigenvalue weighted by atomic mass is 28.4. The van der Waals surface area contributed by atoms with Gasteiger partial charge in [-0.15, -0.1) is 0 Å². The van der Waals surface area contributed by atoms with Crippen LogP contribution in [0.2, 0.25) is 18.1 Å². The third-order valence-electron chi connectivity index (χ3n) is 4.26.